The first kappa shape index (κ1) is 12.7. The Kier molecular flexibility index (Phi) is 3.94. The summed E-state index contributed by atoms with van der Waals surface area (Å²) in [6.07, 6.45) is 1.77. The van der Waals surface area contributed by atoms with E-state index in [-0.39, 0.29) is 4.83 Å². The molecule has 0 bridgehead atoms. The summed E-state index contributed by atoms with van der Waals surface area (Å²) in [6, 6.07) is 8.05. The summed E-state index contributed by atoms with van der Waals surface area (Å²) < 4.78 is 11.5. The van der Waals surface area contributed by atoms with Crippen LogP contribution in [0, 0.1) is 6.92 Å². The number of halogens is 2. The largest absolute Gasteiger partial charge is 0.496 e. The van der Waals surface area contributed by atoms with Crippen LogP contribution in [0.15, 0.2) is 39.4 Å². The van der Waals surface area contributed by atoms with E-state index in [1.165, 1.54) is 0 Å². The van der Waals surface area contributed by atoms with Crippen molar-refractivity contribution in [3.8, 4) is 5.75 Å². The van der Waals surface area contributed by atoms with Gasteiger partial charge in [-0.1, -0.05) is 22.0 Å². The fourth-order valence-corrected chi connectivity index (χ4v) is 2.71. The molecule has 0 spiro atoms. The van der Waals surface area contributed by atoms with Crippen molar-refractivity contribution in [2.75, 3.05) is 7.11 Å². The highest BCUT2D eigenvalue weighted by molar-refractivity contribution is 9.10. The molecule has 0 N–H and O–H groups in total. The number of ether oxygens (including phenoxy) is 1. The summed E-state index contributed by atoms with van der Waals surface area (Å²) in [5.74, 6) is 1.74. The first-order valence-corrected chi connectivity index (χ1v) is 6.85. The fraction of sp³-hybridized carbons (Fsp3) is 0.231. The third-order valence-corrected chi connectivity index (χ3v) is 4.19. The molecule has 1 heterocycles. The Bertz CT molecular complexity index is 520. The fourth-order valence-electron chi connectivity index (χ4n) is 1.63. The first-order valence-electron chi connectivity index (χ1n) is 5.14. The number of methoxy groups -OCH3 is 1. The lowest BCUT2D eigenvalue weighted by Crippen LogP contribution is -1.92. The maximum absolute atomic E-state index is 5.32. The molecular formula is C13H12Br2O2. The van der Waals surface area contributed by atoms with Crippen LogP contribution in [0.4, 0.5) is 0 Å². The van der Waals surface area contributed by atoms with Crippen molar-refractivity contribution >= 4 is 31.9 Å². The van der Waals surface area contributed by atoms with Crippen LogP contribution in [0.3, 0.4) is 0 Å². The summed E-state index contributed by atoms with van der Waals surface area (Å²) in [7, 11) is 1.66. The van der Waals surface area contributed by atoms with Crippen molar-refractivity contribution in [3.05, 3.63) is 51.9 Å². The van der Waals surface area contributed by atoms with Gasteiger partial charge in [-0.05, 0) is 46.6 Å². The van der Waals surface area contributed by atoms with E-state index in [0.29, 0.717) is 0 Å². The van der Waals surface area contributed by atoms with E-state index in [2.05, 4.69) is 31.9 Å². The molecule has 0 aliphatic rings. The molecule has 0 fully saturated rings. The molecular weight excluding hydrogens is 348 g/mol. The summed E-state index contributed by atoms with van der Waals surface area (Å²) in [5, 5.41) is 0. The molecule has 4 heteroatoms. The Labute approximate surface area is 117 Å². The molecule has 0 radical (unpaired) electrons. The lowest BCUT2D eigenvalue weighted by atomic mass is 10.1. The topological polar surface area (TPSA) is 22.4 Å². The molecule has 0 aliphatic heterocycles. The zero-order chi connectivity index (χ0) is 12.4. The molecule has 0 amide bonds. The third kappa shape index (κ3) is 2.75. The number of aryl methyl sites for hydroxylation is 1. The molecule has 17 heavy (non-hydrogen) atoms. The number of furan rings is 1. The van der Waals surface area contributed by atoms with Gasteiger partial charge in [0.05, 0.1) is 22.7 Å². The monoisotopic (exact) mass is 358 g/mol. The molecule has 0 aliphatic carbocycles. The van der Waals surface area contributed by atoms with Gasteiger partial charge in [-0.25, -0.2) is 0 Å². The third-order valence-electron chi connectivity index (χ3n) is 2.51. The molecule has 1 aromatic carbocycles. The molecule has 2 rings (SSSR count). The van der Waals surface area contributed by atoms with Gasteiger partial charge in [0.25, 0.3) is 0 Å². The highest BCUT2D eigenvalue weighted by Gasteiger charge is 2.14. The van der Waals surface area contributed by atoms with E-state index in [4.69, 9.17) is 9.15 Å². The number of hydrogen-bond acceptors (Lipinski definition) is 2. The van der Waals surface area contributed by atoms with Crippen molar-refractivity contribution in [2.24, 2.45) is 0 Å². The normalized spacial score (nSPS) is 12.5. The Morgan fingerprint density at radius 3 is 2.53 bits per heavy atom. The van der Waals surface area contributed by atoms with Gasteiger partial charge in [0, 0.05) is 5.56 Å². The minimum atomic E-state index is 0.127. The second-order valence-electron chi connectivity index (χ2n) is 3.75. The van der Waals surface area contributed by atoms with Gasteiger partial charge < -0.3 is 9.15 Å². The van der Waals surface area contributed by atoms with Gasteiger partial charge in [0.2, 0.25) is 0 Å². The van der Waals surface area contributed by atoms with E-state index >= 15 is 0 Å². The lowest BCUT2D eigenvalue weighted by molar-refractivity contribution is 0.412. The summed E-state index contributed by atoms with van der Waals surface area (Å²) in [5.41, 5.74) is 2.26. The van der Waals surface area contributed by atoms with Crippen molar-refractivity contribution < 1.29 is 9.15 Å². The molecule has 0 saturated heterocycles. The van der Waals surface area contributed by atoms with Gasteiger partial charge in [0.15, 0.2) is 0 Å². The standard InChI is InChI=1S/C13H12Br2O2/c1-8-5-10(7-17-8)13(15)9-3-4-12(16-2)11(14)6-9/h3-7,13H,1-2H3. The van der Waals surface area contributed by atoms with Crippen LogP contribution in [0.25, 0.3) is 0 Å². The SMILES string of the molecule is COc1ccc(C(Br)c2coc(C)c2)cc1Br. The van der Waals surface area contributed by atoms with Crippen LogP contribution in [-0.2, 0) is 0 Å². The molecule has 1 unspecified atom stereocenters. The van der Waals surface area contributed by atoms with Crippen molar-refractivity contribution in [1.82, 2.24) is 0 Å². The Morgan fingerprint density at radius 2 is 2.00 bits per heavy atom. The van der Waals surface area contributed by atoms with Crippen LogP contribution >= 0.6 is 31.9 Å². The molecule has 90 valence electrons. The van der Waals surface area contributed by atoms with Gasteiger partial charge in [-0.3, -0.25) is 0 Å². The summed E-state index contributed by atoms with van der Waals surface area (Å²) >= 11 is 7.15. The first-order chi connectivity index (χ1) is 8.11. The predicted molar refractivity (Wildman–Crippen MR) is 74.9 cm³/mol. The van der Waals surface area contributed by atoms with Crippen LogP contribution in [0.1, 0.15) is 21.7 Å². The van der Waals surface area contributed by atoms with Crippen molar-refractivity contribution in [1.29, 1.82) is 0 Å². The second-order valence-corrected chi connectivity index (χ2v) is 5.52. The lowest BCUT2D eigenvalue weighted by Gasteiger charge is -2.10. The zero-order valence-electron chi connectivity index (χ0n) is 9.54. The van der Waals surface area contributed by atoms with Crippen molar-refractivity contribution in [3.63, 3.8) is 0 Å². The number of benzene rings is 1. The van der Waals surface area contributed by atoms with E-state index < -0.39 is 0 Å². The smallest absolute Gasteiger partial charge is 0.133 e. The number of rotatable bonds is 3. The summed E-state index contributed by atoms with van der Waals surface area (Å²) in [6.45, 7) is 1.94. The minimum absolute atomic E-state index is 0.127. The average Bonchev–Trinajstić information content (AvgIpc) is 2.75. The maximum Gasteiger partial charge on any atom is 0.133 e. The minimum Gasteiger partial charge on any atom is -0.496 e. The molecule has 1 aromatic heterocycles. The van der Waals surface area contributed by atoms with E-state index in [1.807, 2.05) is 31.2 Å². The Balaban J connectivity index is 2.31. The molecule has 1 atom stereocenters. The van der Waals surface area contributed by atoms with E-state index in [1.54, 1.807) is 13.4 Å². The van der Waals surface area contributed by atoms with Gasteiger partial charge in [-0.2, -0.15) is 0 Å². The van der Waals surface area contributed by atoms with Gasteiger partial charge in [-0.15, -0.1) is 0 Å². The zero-order valence-corrected chi connectivity index (χ0v) is 12.7. The van der Waals surface area contributed by atoms with E-state index in [9.17, 15) is 0 Å². The van der Waals surface area contributed by atoms with Crippen LogP contribution in [-0.4, -0.2) is 7.11 Å². The Morgan fingerprint density at radius 1 is 1.24 bits per heavy atom. The number of hydrogen-bond donors (Lipinski definition) is 0. The second kappa shape index (κ2) is 5.27. The Hall–Kier alpha value is -0.740. The van der Waals surface area contributed by atoms with Crippen LogP contribution in [0.5, 0.6) is 5.75 Å². The van der Waals surface area contributed by atoms with Gasteiger partial charge >= 0.3 is 0 Å². The van der Waals surface area contributed by atoms with Crippen LogP contribution in [0.2, 0.25) is 0 Å². The quantitative estimate of drug-likeness (QED) is 0.731. The molecule has 0 saturated carbocycles. The molecule has 2 aromatic rings. The maximum atomic E-state index is 5.32. The molecule has 2 nitrogen and oxygen atoms in total. The van der Waals surface area contributed by atoms with Crippen molar-refractivity contribution in [2.45, 2.75) is 11.8 Å². The number of alkyl halides is 1. The van der Waals surface area contributed by atoms with E-state index in [0.717, 1.165) is 27.1 Å². The highest BCUT2D eigenvalue weighted by atomic mass is 79.9. The van der Waals surface area contributed by atoms with Crippen LogP contribution < -0.4 is 4.74 Å². The average molecular weight is 360 g/mol. The van der Waals surface area contributed by atoms with Gasteiger partial charge in [0.1, 0.15) is 11.5 Å². The highest BCUT2D eigenvalue weighted by Crippen LogP contribution is 2.35. The predicted octanol–water partition coefficient (Wildman–Crippen LogP) is 4.84. The summed E-state index contributed by atoms with van der Waals surface area (Å²) in [4.78, 5) is 0.127.